The Balaban J connectivity index is 0.00000196. The lowest BCUT2D eigenvalue weighted by Crippen LogP contribution is -2.38. The summed E-state index contributed by atoms with van der Waals surface area (Å²) in [5.41, 5.74) is 1.31. The number of anilines is 1. The quantitative estimate of drug-likeness (QED) is 0.831. The first-order chi connectivity index (χ1) is 12.0. The normalized spacial score (nSPS) is 19.7. The van der Waals surface area contributed by atoms with Crippen LogP contribution in [-0.2, 0) is 10.0 Å². The molecule has 2 aromatic carbocycles. The maximum absolute atomic E-state index is 12.9. The summed E-state index contributed by atoms with van der Waals surface area (Å²) in [7, 11) is -1.93. The van der Waals surface area contributed by atoms with Gasteiger partial charge < -0.3 is 10.2 Å². The van der Waals surface area contributed by atoms with Gasteiger partial charge in [0.15, 0.2) is 0 Å². The van der Waals surface area contributed by atoms with Crippen LogP contribution in [0.4, 0.5) is 5.69 Å². The maximum Gasteiger partial charge on any atom is 0.258 e. The van der Waals surface area contributed by atoms with Crippen molar-refractivity contribution in [3.63, 3.8) is 0 Å². The van der Waals surface area contributed by atoms with Crippen LogP contribution in [0.15, 0.2) is 35.2 Å². The molecule has 1 fully saturated rings. The third-order valence-corrected chi connectivity index (χ3v) is 6.61. The molecule has 1 saturated heterocycles. The standard InChI is InChI=1S/C18H21N3O3S.ClH/c1-21-15-7-8-16(13-5-2-6-14(17(13)15)18(21)22)25(23,24)20-11-12-4-3-9-19-10-12;/h2,5-8,12,19-20H,3-4,9-11H2,1H3;1H. The highest BCUT2D eigenvalue weighted by Crippen LogP contribution is 2.39. The van der Waals surface area contributed by atoms with Crippen molar-refractivity contribution in [3.05, 3.63) is 35.9 Å². The van der Waals surface area contributed by atoms with Crippen molar-refractivity contribution >= 4 is 44.8 Å². The molecule has 1 atom stereocenters. The number of carbonyl (C=O) groups is 1. The molecule has 8 heteroatoms. The third-order valence-electron chi connectivity index (χ3n) is 5.13. The van der Waals surface area contributed by atoms with Crippen LogP contribution in [0.25, 0.3) is 10.8 Å². The first kappa shape index (κ1) is 19.1. The fourth-order valence-corrected chi connectivity index (χ4v) is 5.06. The number of nitrogens with zero attached hydrogens (tertiary/aromatic N) is 1. The molecule has 0 aromatic heterocycles. The Morgan fingerprint density at radius 2 is 2.08 bits per heavy atom. The molecule has 0 aliphatic carbocycles. The number of hydrogen-bond donors (Lipinski definition) is 2. The van der Waals surface area contributed by atoms with Crippen LogP contribution in [0.5, 0.6) is 0 Å². The molecule has 2 aliphatic heterocycles. The van der Waals surface area contributed by atoms with Gasteiger partial charge in [0, 0.05) is 29.9 Å². The number of hydrogen-bond acceptors (Lipinski definition) is 4. The molecule has 0 spiro atoms. The molecule has 1 amide bonds. The molecule has 2 heterocycles. The van der Waals surface area contributed by atoms with E-state index in [0.29, 0.717) is 23.4 Å². The molecule has 4 rings (SSSR count). The summed E-state index contributed by atoms with van der Waals surface area (Å²) in [6, 6.07) is 8.56. The molecule has 140 valence electrons. The Morgan fingerprint density at radius 3 is 2.81 bits per heavy atom. The smallest absolute Gasteiger partial charge is 0.258 e. The molecule has 0 bridgehead atoms. The minimum Gasteiger partial charge on any atom is -0.316 e. The molecule has 1 unspecified atom stereocenters. The van der Waals surface area contributed by atoms with Crippen LogP contribution in [0.3, 0.4) is 0 Å². The van der Waals surface area contributed by atoms with E-state index in [1.54, 1.807) is 42.3 Å². The summed E-state index contributed by atoms with van der Waals surface area (Å²) in [5, 5.41) is 4.61. The number of rotatable bonds is 4. The van der Waals surface area contributed by atoms with Crippen molar-refractivity contribution < 1.29 is 13.2 Å². The fraction of sp³-hybridized carbons (Fsp3) is 0.389. The van der Waals surface area contributed by atoms with Crippen molar-refractivity contribution in [1.82, 2.24) is 10.0 Å². The molecule has 2 N–H and O–H groups in total. The predicted molar refractivity (Wildman–Crippen MR) is 105 cm³/mol. The van der Waals surface area contributed by atoms with Crippen molar-refractivity contribution in [2.45, 2.75) is 17.7 Å². The second-order valence-electron chi connectivity index (χ2n) is 6.74. The van der Waals surface area contributed by atoms with Crippen LogP contribution in [0.1, 0.15) is 23.2 Å². The molecule has 0 radical (unpaired) electrons. The zero-order valence-corrected chi connectivity index (χ0v) is 16.1. The van der Waals surface area contributed by atoms with E-state index >= 15 is 0 Å². The van der Waals surface area contributed by atoms with Crippen LogP contribution in [0, 0.1) is 5.92 Å². The van der Waals surface area contributed by atoms with Gasteiger partial charge in [-0.05, 0) is 50.0 Å². The molecular formula is C18H22ClN3O3S. The van der Waals surface area contributed by atoms with Gasteiger partial charge in [-0.15, -0.1) is 12.4 Å². The molecule has 6 nitrogen and oxygen atoms in total. The Labute approximate surface area is 159 Å². The second kappa shape index (κ2) is 7.15. The van der Waals surface area contributed by atoms with Crippen molar-refractivity contribution in [1.29, 1.82) is 0 Å². The van der Waals surface area contributed by atoms with Gasteiger partial charge in [-0.1, -0.05) is 12.1 Å². The fourth-order valence-electron chi connectivity index (χ4n) is 3.75. The SMILES string of the molecule is CN1C(=O)c2cccc3c(S(=O)(=O)NCC4CCCNC4)ccc1c23.Cl. The Morgan fingerprint density at radius 1 is 1.27 bits per heavy atom. The van der Waals surface area contributed by atoms with Gasteiger partial charge in [-0.3, -0.25) is 4.79 Å². The van der Waals surface area contributed by atoms with Gasteiger partial charge in [0.2, 0.25) is 10.0 Å². The van der Waals surface area contributed by atoms with Gasteiger partial charge in [0.25, 0.3) is 5.91 Å². The van der Waals surface area contributed by atoms with Crippen LogP contribution < -0.4 is 14.9 Å². The van der Waals surface area contributed by atoms with E-state index in [1.165, 1.54) is 0 Å². The van der Waals surface area contributed by atoms with Gasteiger partial charge in [-0.25, -0.2) is 13.1 Å². The third kappa shape index (κ3) is 3.09. The average Bonchev–Trinajstić information content (AvgIpc) is 2.88. The van der Waals surface area contributed by atoms with E-state index in [2.05, 4.69) is 10.0 Å². The number of piperidine rings is 1. The molecular weight excluding hydrogens is 374 g/mol. The van der Waals surface area contributed by atoms with E-state index in [9.17, 15) is 13.2 Å². The summed E-state index contributed by atoms with van der Waals surface area (Å²) in [5.74, 6) is 0.212. The van der Waals surface area contributed by atoms with Crippen molar-refractivity contribution in [2.75, 3.05) is 31.6 Å². The highest BCUT2D eigenvalue weighted by Gasteiger charge is 2.30. The van der Waals surface area contributed by atoms with Gasteiger partial charge in [-0.2, -0.15) is 0 Å². The van der Waals surface area contributed by atoms with E-state index in [-0.39, 0.29) is 23.2 Å². The summed E-state index contributed by atoms with van der Waals surface area (Å²) < 4.78 is 28.5. The van der Waals surface area contributed by atoms with Crippen LogP contribution in [-0.4, -0.2) is 41.0 Å². The minimum absolute atomic E-state index is 0. The molecule has 2 aliphatic rings. The van der Waals surface area contributed by atoms with E-state index in [4.69, 9.17) is 0 Å². The van der Waals surface area contributed by atoms with Crippen molar-refractivity contribution in [2.24, 2.45) is 5.92 Å². The lowest BCUT2D eigenvalue weighted by molar-refractivity contribution is 0.0999. The second-order valence-corrected chi connectivity index (χ2v) is 8.47. The zero-order chi connectivity index (χ0) is 17.6. The van der Waals surface area contributed by atoms with Gasteiger partial charge in [0.05, 0.1) is 10.6 Å². The monoisotopic (exact) mass is 395 g/mol. The van der Waals surface area contributed by atoms with Gasteiger partial charge >= 0.3 is 0 Å². The summed E-state index contributed by atoms with van der Waals surface area (Å²) >= 11 is 0. The number of nitrogens with one attached hydrogen (secondary N) is 2. The Hall–Kier alpha value is -1.67. The molecule has 0 saturated carbocycles. The van der Waals surface area contributed by atoms with Crippen LogP contribution >= 0.6 is 12.4 Å². The number of amides is 1. The lowest BCUT2D eigenvalue weighted by Gasteiger charge is -2.23. The average molecular weight is 396 g/mol. The van der Waals surface area contributed by atoms with E-state index < -0.39 is 10.0 Å². The number of carbonyl (C=O) groups excluding carboxylic acids is 1. The molecule has 2 aromatic rings. The number of halogens is 1. The van der Waals surface area contributed by atoms with Crippen molar-refractivity contribution in [3.8, 4) is 0 Å². The van der Waals surface area contributed by atoms with Crippen LogP contribution in [0.2, 0.25) is 0 Å². The topological polar surface area (TPSA) is 78.5 Å². The molecule has 26 heavy (non-hydrogen) atoms. The lowest BCUT2D eigenvalue weighted by atomic mass is 10.0. The van der Waals surface area contributed by atoms with Gasteiger partial charge in [0.1, 0.15) is 0 Å². The highest BCUT2D eigenvalue weighted by atomic mass is 35.5. The predicted octanol–water partition coefficient (Wildman–Crippen LogP) is 2.13. The first-order valence-corrected chi connectivity index (χ1v) is 10.0. The number of benzene rings is 2. The maximum atomic E-state index is 12.9. The largest absolute Gasteiger partial charge is 0.316 e. The zero-order valence-electron chi connectivity index (χ0n) is 14.5. The minimum atomic E-state index is -3.63. The Bertz CT molecular complexity index is 956. The summed E-state index contributed by atoms with van der Waals surface area (Å²) in [6.45, 7) is 2.27. The number of sulfonamides is 1. The summed E-state index contributed by atoms with van der Waals surface area (Å²) in [6.07, 6.45) is 2.10. The Kier molecular flexibility index (Phi) is 5.25. The van der Waals surface area contributed by atoms with E-state index in [1.807, 2.05) is 0 Å². The first-order valence-electron chi connectivity index (χ1n) is 8.53. The summed E-state index contributed by atoms with van der Waals surface area (Å²) in [4.78, 5) is 14.1. The van der Waals surface area contributed by atoms with E-state index in [0.717, 1.165) is 37.0 Å². The highest BCUT2D eigenvalue weighted by molar-refractivity contribution is 7.89.